The minimum atomic E-state index is -0.170. The molecule has 1 aliphatic carbocycles. The van der Waals surface area contributed by atoms with E-state index < -0.39 is 0 Å². The fourth-order valence-electron chi connectivity index (χ4n) is 1.79. The first-order valence-corrected chi connectivity index (χ1v) is 7.20. The third-order valence-electron chi connectivity index (χ3n) is 2.97. The Morgan fingerprint density at radius 3 is 2.82 bits per heavy atom. The standard InChI is InChI=1S/C13H16BrClFN/c14-11-8-13(16)9(7-12(11)15)3-1-2-6-17-10-4-5-10/h7-8,10,17H,1-6H2. The van der Waals surface area contributed by atoms with Crippen molar-refractivity contribution >= 4 is 27.5 Å². The van der Waals surface area contributed by atoms with Gasteiger partial charge < -0.3 is 5.32 Å². The Hall–Kier alpha value is -0.120. The van der Waals surface area contributed by atoms with Crippen molar-refractivity contribution in [2.24, 2.45) is 0 Å². The lowest BCUT2D eigenvalue weighted by Gasteiger charge is -2.06. The smallest absolute Gasteiger partial charge is 0.127 e. The molecule has 1 aromatic carbocycles. The number of halogens is 3. The van der Waals surface area contributed by atoms with Crippen molar-refractivity contribution in [1.29, 1.82) is 0 Å². The molecular formula is C13H16BrClFN. The van der Waals surface area contributed by atoms with E-state index in [1.807, 2.05) is 0 Å². The van der Waals surface area contributed by atoms with Gasteiger partial charge in [0.25, 0.3) is 0 Å². The Morgan fingerprint density at radius 2 is 2.12 bits per heavy atom. The summed E-state index contributed by atoms with van der Waals surface area (Å²) in [7, 11) is 0. The Balaban J connectivity index is 1.75. The van der Waals surface area contributed by atoms with E-state index in [1.165, 1.54) is 18.9 Å². The number of rotatable bonds is 6. The van der Waals surface area contributed by atoms with Crippen LogP contribution in [0.5, 0.6) is 0 Å². The van der Waals surface area contributed by atoms with E-state index in [2.05, 4.69) is 21.2 Å². The molecule has 0 amide bonds. The van der Waals surface area contributed by atoms with Crippen LogP contribution in [0.15, 0.2) is 16.6 Å². The molecular weight excluding hydrogens is 305 g/mol. The predicted octanol–water partition coefficient (Wildman–Crippen LogP) is 4.32. The molecule has 0 aliphatic heterocycles. The Morgan fingerprint density at radius 1 is 1.35 bits per heavy atom. The van der Waals surface area contributed by atoms with Gasteiger partial charge in [0, 0.05) is 10.5 Å². The Labute approximate surface area is 115 Å². The molecule has 0 aromatic heterocycles. The molecule has 0 radical (unpaired) electrons. The number of benzene rings is 1. The van der Waals surface area contributed by atoms with Crippen LogP contribution in [0, 0.1) is 5.82 Å². The molecule has 0 atom stereocenters. The lowest BCUT2D eigenvalue weighted by atomic mass is 10.1. The van der Waals surface area contributed by atoms with Crippen molar-refractivity contribution in [2.75, 3.05) is 6.54 Å². The van der Waals surface area contributed by atoms with Gasteiger partial charge in [-0.25, -0.2) is 4.39 Å². The summed E-state index contributed by atoms with van der Waals surface area (Å²) in [5.41, 5.74) is 0.713. The molecule has 94 valence electrons. The zero-order valence-electron chi connectivity index (χ0n) is 9.61. The number of aryl methyl sites for hydroxylation is 1. The van der Waals surface area contributed by atoms with E-state index in [0.29, 0.717) is 15.1 Å². The molecule has 1 N–H and O–H groups in total. The molecule has 1 aliphatic rings. The summed E-state index contributed by atoms with van der Waals surface area (Å²) in [4.78, 5) is 0. The van der Waals surface area contributed by atoms with Crippen LogP contribution in [0.2, 0.25) is 5.02 Å². The summed E-state index contributed by atoms with van der Waals surface area (Å²) < 4.78 is 14.2. The Bertz CT molecular complexity index is 393. The molecule has 17 heavy (non-hydrogen) atoms. The number of unbranched alkanes of at least 4 members (excludes halogenated alkanes) is 1. The largest absolute Gasteiger partial charge is 0.314 e. The first-order valence-electron chi connectivity index (χ1n) is 6.03. The van der Waals surface area contributed by atoms with Crippen LogP contribution in [0.3, 0.4) is 0 Å². The molecule has 0 spiro atoms. The van der Waals surface area contributed by atoms with Gasteiger partial charge in [0.2, 0.25) is 0 Å². The van der Waals surface area contributed by atoms with Gasteiger partial charge >= 0.3 is 0 Å². The molecule has 1 aromatic rings. The number of hydrogen-bond donors (Lipinski definition) is 1. The average Bonchev–Trinajstić information content (AvgIpc) is 3.08. The zero-order valence-corrected chi connectivity index (χ0v) is 12.0. The van der Waals surface area contributed by atoms with Crippen LogP contribution in [0.4, 0.5) is 4.39 Å². The van der Waals surface area contributed by atoms with Crippen LogP contribution in [0.1, 0.15) is 31.2 Å². The SMILES string of the molecule is Fc1cc(Br)c(Cl)cc1CCCCNC1CC1. The summed E-state index contributed by atoms with van der Waals surface area (Å²) in [6.07, 6.45) is 5.47. The maximum absolute atomic E-state index is 13.6. The third kappa shape index (κ3) is 4.23. The maximum Gasteiger partial charge on any atom is 0.127 e. The lowest BCUT2D eigenvalue weighted by Crippen LogP contribution is -2.17. The quantitative estimate of drug-likeness (QED) is 0.608. The first kappa shape index (κ1) is 13.3. The molecule has 0 unspecified atom stereocenters. The van der Waals surface area contributed by atoms with Crippen LogP contribution in [0.25, 0.3) is 0 Å². The normalized spacial score (nSPS) is 15.2. The van der Waals surface area contributed by atoms with Gasteiger partial charge in [-0.15, -0.1) is 0 Å². The van der Waals surface area contributed by atoms with Gasteiger partial charge in [-0.05, 0) is 72.3 Å². The fraction of sp³-hybridized carbons (Fsp3) is 0.538. The van der Waals surface area contributed by atoms with Gasteiger partial charge in [-0.3, -0.25) is 0 Å². The molecule has 4 heteroatoms. The van der Waals surface area contributed by atoms with Crippen LogP contribution in [-0.2, 0) is 6.42 Å². The van der Waals surface area contributed by atoms with Crippen molar-refractivity contribution in [3.8, 4) is 0 Å². The summed E-state index contributed by atoms with van der Waals surface area (Å²) in [6, 6.07) is 3.92. The molecule has 1 nitrogen and oxygen atoms in total. The summed E-state index contributed by atoms with van der Waals surface area (Å²) >= 11 is 9.16. The molecule has 0 heterocycles. The zero-order chi connectivity index (χ0) is 12.3. The molecule has 0 bridgehead atoms. The minimum Gasteiger partial charge on any atom is -0.314 e. The monoisotopic (exact) mass is 319 g/mol. The second kappa shape index (κ2) is 6.17. The second-order valence-corrected chi connectivity index (χ2v) is 5.80. The van der Waals surface area contributed by atoms with E-state index in [-0.39, 0.29) is 5.82 Å². The molecule has 2 rings (SSSR count). The Kier molecular flexibility index (Phi) is 4.83. The van der Waals surface area contributed by atoms with Crippen molar-refractivity contribution < 1.29 is 4.39 Å². The minimum absolute atomic E-state index is 0.170. The van der Waals surface area contributed by atoms with E-state index in [4.69, 9.17) is 11.6 Å². The van der Waals surface area contributed by atoms with Crippen LogP contribution < -0.4 is 5.32 Å². The summed E-state index contributed by atoms with van der Waals surface area (Å²) in [5, 5.41) is 4.03. The van der Waals surface area contributed by atoms with Crippen molar-refractivity contribution in [2.45, 2.75) is 38.1 Å². The molecule has 1 saturated carbocycles. The fourth-order valence-corrected chi connectivity index (χ4v) is 2.29. The highest BCUT2D eigenvalue weighted by Crippen LogP contribution is 2.26. The van der Waals surface area contributed by atoms with E-state index in [0.717, 1.165) is 31.8 Å². The second-order valence-electron chi connectivity index (χ2n) is 4.54. The molecule has 0 saturated heterocycles. The third-order valence-corrected chi connectivity index (χ3v) is 4.17. The van der Waals surface area contributed by atoms with Gasteiger partial charge in [-0.1, -0.05) is 11.6 Å². The first-order chi connectivity index (χ1) is 8.16. The van der Waals surface area contributed by atoms with E-state index in [1.54, 1.807) is 6.07 Å². The highest BCUT2D eigenvalue weighted by atomic mass is 79.9. The van der Waals surface area contributed by atoms with Gasteiger partial charge in [0.1, 0.15) is 5.82 Å². The summed E-state index contributed by atoms with van der Waals surface area (Å²) in [6.45, 7) is 1.04. The van der Waals surface area contributed by atoms with Gasteiger partial charge in [-0.2, -0.15) is 0 Å². The topological polar surface area (TPSA) is 12.0 Å². The van der Waals surface area contributed by atoms with E-state index >= 15 is 0 Å². The predicted molar refractivity (Wildman–Crippen MR) is 73.1 cm³/mol. The van der Waals surface area contributed by atoms with Gasteiger partial charge in [0.15, 0.2) is 0 Å². The molecule has 1 fully saturated rings. The van der Waals surface area contributed by atoms with Crippen molar-refractivity contribution in [3.63, 3.8) is 0 Å². The summed E-state index contributed by atoms with van der Waals surface area (Å²) in [5.74, 6) is -0.170. The highest BCUT2D eigenvalue weighted by Gasteiger charge is 2.19. The maximum atomic E-state index is 13.6. The van der Waals surface area contributed by atoms with E-state index in [9.17, 15) is 4.39 Å². The number of hydrogen-bond acceptors (Lipinski definition) is 1. The average molecular weight is 321 g/mol. The number of nitrogens with one attached hydrogen (secondary N) is 1. The van der Waals surface area contributed by atoms with Crippen LogP contribution >= 0.6 is 27.5 Å². The van der Waals surface area contributed by atoms with Crippen molar-refractivity contribution in [1.82, 2.24) is 5.32 Å². The lowest BCUT2D eigenvalue weighted by molar-refractivity contribution is 0.585. The van der Waals surface area contributed by atoms with Crippen LogP contribution in [-0.4, -0.2) is 12.6 Å². The van der Waals surface area contributed by atoms with Gasteiger partial charge in [0.05, 0.1) is 5.02 Å². The van der Waals surface area contributed by atoms with Crippen molar-refractivity contribution in [3.05, 3.63) is 33.0 Å². The highest BCUT2D eigenvalue weighted by molar-refractivity contribution is 9.10.